The number of benzene rings is 1. The van der Waals surface area contributed by atoms with Crippen LogP contribution in [-0.2, 0) is 4.74 Å². The van der Waals surface area contributed by atoms with Crippen LogP contribution < -0.4 is 4.90 Å². The third kappa shape index (κ3) is 4.14. The van der Waals surface area contributed by atoms with Gasteiger partial charge in [-0.2, -0.15) is 0 Å². The van der Waals surface area contributed by atoms with Crippen LogP contribution in [0.5, 0.6) is 0 Å². The van der Waals surface area contributed by atoms with Crippen LogP contribution in [0.25, 0.3) is 11.0 Å². The van der Waals surface area contributed by atoms with Crippen molar-refractivity contribution in [3.63, 3.8) is 0 Å². The summed E-state index contributed by atoms with van der Waals surface area (Å²) in [4.78, 5) is 13.9. The van der Waals surface area contributed by atoms with Crippen LogP contribution in [0.4, 0.5) is 0 Å². The molecule has 4 heteroatoms. The fraction of sp³-hybridized carbons (Fsp3) is 0.526. The fourth-order valence-corrected chi connectivity index (χ4v) is 2.92. The van der Waals surface area contributed by atoms with Crippen molar-refractivity contribution in [2.75, 3.05) is 26.2 Å². The quantitative estimate of drug-likeness (QED) is 0.798. The van der Waals surface area contributed by atoms with E-state index in [1.807, 2.05) is 31.2 Å². The van der Waals surface area contributed by atoms with E-state index >= 15 is 0 Å². The van der Waals surface area contributed by atoms with Crippen LogP contribution in [0.3, 0.4) is 0 Å². The molecular weight excluding hydrogens is 290 g/mol. The highest BCUT2D eigenvalue weighted by Gasteiger charge is 2.27. The van der Waals surface area contributed by atoms with E-state index in [-0.39, 0.29) is 11.4 Å². The van der Waals surface area contributed by atoms with Gasteiger partial charge >= 0.3 is 5.97 Å². The average Bonchev–Trinajstić information content (AvgIpc) is 2.88. The van der Waals surface area contributed by atoms with Gasteiger partial charge in [0.1, 0.15) is 12.2 Å². The second kappa shape index (κ2) is 7.18. The molecule has 0 amide bonds. The van der Waals surface area contributed by atoms with Gasteiger partial charge < -0.3 is 14.1 Å². The Morgan fingerprint density at radius 2 is 1.87 bits per heavy atom. The summed E-state index contributed by atoms with van der Waals surface area (Å²) in [5.74, 6) is -0.0569. The molecule has 0 spiro atoms. The molecule has 0 aliphatic carbocycles. The molecule has 0 radical (unpaired) electrons. The minimum Gasteiger partial charge on any atom is -0.459 e. The van der Waals surface area contributed by atoms with Gasteiger partial charge in [0, 0.05) is 16.4 Å². The average molecular weight is 318 g/mol. The Balaban J connectivity index is 2.05. The number of quaternary nitrogens is 1. The number of hydrogen-bond donors (Lipinski definition) is 1. The predicted molar refractivity (Wildman–Crippen MR) is 91.9 cm³/mol. The molecule has 0 atom stereocenters. The van der Waals surface area contributed by atoms with Gasteiger partial charge in [-0.1, -0.05) is 32.0 Å². The predicted octanol–water partition coefficient (Wildman–Crippen LogP) is 2.85. The first-order valence-corrected chi connectivity index (χ1v) is 8.36. The van der Waals surface area contributed by atoms with Gasteiger partial charge in [-0.25, -0.2) is 4.79 Å². The molecule has 2 aromatic rings. The van der Waals surface area contributed by atoms with Crippen LogP contribution in [0.15, 0.2) is 28.7 Å². The topological polar surface area (TPSA) is 43.9 Å². The smallest absolute Gasteiger partial charge is 0.374 e. The van der Waals surface area contributed by atoms with Crippen molar-refractivity contribution in [3.05, 3.63) is 35.6 Å². The van der Waals surface area contributed by atoms with Gasteiger partial charge in [-0.15, -0.1) is 0 Å². The molecule has 0 saturated carbocycles. The Hall–Kier alpha value is -1.81. The van der Waals surface area contributed by atoms with Crippen molar-refractivity contribution >= 4 is 16.9 Å². The molecule has 23 heavy (non-hydrogen) atoms. The number of hydrogen-bond acceptors (Lipinski definition) is 3. The third-order valence-corrected chi connectivity index (χ3v) is 4.35. The highest BCUT2D eigenvalue weighted by atomic mass is 16.5. The number of para-hydroxylation sites is 1. The lowest BCUT2D eigenvalue weighted by molar-refractivity contribution is -0.902. The Labute approximate surface area is 138 Å². The van der Waals surface area contributed by atoms with Crippen LogP contribution in [-0.4, -0.2) is 32.2 Å². The first kappa shape index (κ1) is 17.5. The van der Waals surface area contributed by atoms with Crippen LogP contribution in [0.2, 0.25) is 0 Å². The number of nitrogens with one attached hydrogen (secondary N) is 1. The Morgan fingerprint density at radius 3 is 2.48 bits per heavy atom. The minimum atomic E-state index is -0.374. The van der Waals surface area contributed by atoms with Gasteiger partial charge in [0.15, 0.2) is 0 Å². The fourth-order valence-electron chi connectivity index (χ4n) is 2.92. The van der Waals surface area contributed by atoms with Crippen molar-refractivity contribution in [1.82, 2.24) is 0 Å². The zero-order chi connectivity index (χ0) is 17.0. The molecule has 0 unspecified atom stereocenters. The summed E-state index contributed by atoms with van der Waals surface area (Å²) in [6.07, 6.45) is 0. The number of furan rings is 1. The summed E-state index contributed by atoms with van der Waals surface area (Å²) < 4.78 is 11.2. The van der Waals surface area contributed by atoms with E-state index in [0.717, 1.165) is 36.2 Å². The maximum atomic E-state index is 12.4. The highest BCUT2D eigenvalue weighted by Crippen LogP contribution is 2.26. The standard InChI is InChI=1S/C19H27NO3/c1-6-20(7-2)12-19(4,5)13-22-18(21)17-14(3)15-10-8-9-11-16(15)23-17/h8-11H,6-7,12-13H2,1-5H3/p+1. The zero-order valence-corrected chi connectivity index (χ0v) is 14.9. The van der Waals surface area contributed by atoms with Gasteiger partial charge in [0.05, 0.1) is 19.6 Å². The zero-order valence-electron chi connectivity index (χ0n) is 14.9. The summed E-state index contributed by atoms with van der Waals surface area (Å²) in [6.45, 7) is 14.1. The molecule has 0 aliphatic heterocycles. The van der Waals surface area contributed by atoms with Crippen LogP contribution in [0.1, 0.15) is 43.8 Å². The lowest BCUT2D eigenvalue weighted by Gasteiger charge is -2.28. The maximum Gasteiger partial charge on any atom is 0.374 e. The van der Waals surface area contributed by atoms with Crippen molar-refractivity contribution in [2.45, 2.75) is 34.6 Å². The molecule has 1 heterocycles. The Morgan fingerprint density at radius 1 is 1.22 bits per heavy atom. The molecular formula is C19H28NO3+. The monoisotopic (exact) mass is 318 g/mol. The molecule has 4 nitrogen and oxygen atoms in total. The van der Waals surface area contributed by atoms with Crippen LogP contribution in [0, 0.1) is 12.3 Å². The lowest BCUT2D eigenvalue weighted by Crippen LogP contribution is -3.12. The van der Waals surface area contributed by atoms with Crippen molar-refractivity contribution in [3.8, 4) is 0 Å². The van der Waals surface area contributed by atoms with E-state index in [1.54, 1.807) is 0 Å². The summed E-state index contributed by atoms with van der Waals surface area (Å²) in [5.41, 5.74) is 1.51. The van der Waals surface area contributed by atoms with Gasteiger partial charge in [0.2, 0.25) is 5.76 Å². The number of aryl methyl sites for hydroxylation is 1. The second-order valence-electron chi connectivity index (χ2n) is 6.93. The van der Waals surface area contributed by atoms with Gasteiger partial charge in [-0.3, -0.25) is 0 Å². The molecule has 126 valence electrons. The van der Waals surface area contributed by atoms with E-state index in [4.69, 9.17) is 9.15 Å². The first-order valence-electron chi connectivity index (χ1n) is 8.36. The molecule has 0 saturated heterocycles. The molecule has 1 N–H and O–H groups in total. The number of carbonyl (C=O) groups is 1. The van der Waals surface area contributed by atoms with Gasteiger partial charge in [0.25, 0.3) is 0 Å². The number of fused-ring (bicyclic) bond motifs is 1. The summed E-state index contributed by atoms with van der Waals surface area (Å²) in [7, 11) is 0. The summed E-state index contributed by atoms with van der Waals surface area (Å²) in [6, 6.07) is 7.66. The normalized spacial score (nSPS) is 12.1. The summed E-state index contributed by atoms with van der Waals surface area (Å²) in [5, 5.41) is 0.964. The van der Waals surface area contributed by atoms with Crippen molar-refractivity contribution in [1.29, 1.82) is 0 Å². The largest absolute Gasteiger partial charge is 0.459 e. The van der Waals surface area contributed by atoms with E-state index < -0.39 is 0 Å². The van der Waals surface area contributed by atoms with Crippen LogP contribution >= 0.6 is 0 Å². The molecule has 1 aromatic heterocycles. The third-order valence-electron chi connectivity index (χ3n) is 4.35. The summed E-state index contributed by atoms with van der Waals surface area (Å²) >= 11 is 0. The first-order chi connectivity index (χ1) is 10.9. The SMILES string of the molecule is CC[NH+](CC)CC(C)(C)COC(=O)c1oc2ccccc2c1C. The molecule has 1 aromatic carbocycles. The maximum absolute atomic E-state index is 12.4. The molecule has 2 rings (SSSR count). The number of rotatable bonds is 7. The number of ether oxygens (including phenoxy) is 1. The van der Waals surface area contributed by atoms with E-state index in [9.17, 15) is 4.79 Å². The second-order valence-corrected chi connectivity index (χ2v) is 6.93. The van der Waals surface area contributed by atoms with E-state index in [1.165, 1.54) is 4.90 Å². The van der Waals surface area contributed by atoms with Gasteiger partial charge in [-0.05, 0) is 26.8 Å². The van der Waals surface area contributed by atoms with E-state index in [2.05, 4.69) is 27.7 Å². The lowest BCUT2D eigenvalue weighted by atomic mass is 9.94. The minimum absolute atomic E-state index is 0.0586. The van der Waals surface area contributed by atoms with Crippen molar-refractivity contribution < 1.29 is 18.8 Å². The highest BCUT2D eigenvalue weighted by molar-refractivity contribution is 5.95. The van der Waals surface area contributed by atoms with E-state index in [0.29, 0.717) is 12.4 Å². The Kier molecular flexibility index (Phi) is 5.47. The molecule has 0 bridgehead atoms. The molecule has 0 aliphatic rings. The van der Waals surface area contributed by atoms with Crippen molar-refractivity contribution in [2.24, 2.45) is 5.41 Å². The number of esters is 1. The number of carbonyl (C=O) groups excluding carboxylic acids is 1. The Bertz CT molecular complexity index is 668. The molecule has 0 fully saturated rings.